The third-order valence-electron chi connectivity index (χ3n) is 4.59. The Balaban J connectivity index is 1.55. The van der Waals surface area contributed by atoms with E-state index in [9.17, 15) is 10.1 Å². The van der Waals surface area contributed by atoms with E-state index in [1.54, 1.807) is 12.1 Å². The van der Waals surface area contributed by atoms with Crippen molar-refractivity contribution in [3.8, 4) is 0 Å². The van der Waals surface area contributed by atoms with E-state index < -0.39 is 0 Å². The molecule has 7 heteroatoms. The van der Waals surface area contributed by atoms with Gasteiger partial charge in [0.2, 0.25) is 5.89 Å². The van der Waals surface area contributed by atoms with Gasteiger partial charge in [0, 0.05) is 31.0 Å². The number of hydrogen-bond acceptors (Lipinski definition) is 6. The van der Waals surface area contributed by atoms with Crippen molar-refractivity contribution in [2.75, 3.05) is 18.0 Å². The number of hydrogen-bond donors (Lipinski definition) is 0. The van der Waals surface area contributed by atoms with Crippen molar-refractivity contribution in [1.82, 2.24) is 10.1 Å². The lowest BCUT2D eigenvalue weighted by Crippen LogP contribution is -2.35. The normalized spacial score (nSPS) is 21.4. The van der Waals surface area contributed by atoms with Gasteiger partial charge in [-0.3, -0.25) is 10.1 Å². The van der Waals surface area contributed by atoms with Crippen LogP contribution in [0.1, 0.15) is 49.2 Å². The Morgan fingerprint density at radius 3 is 2.83 bits per heavy atom. The van der Waals surface area contributed by atoms with Gasteiger partial charge in [-0.2, -0.15) is 4.98 Å². The zero-order valence-electron chi connectivity index (χ0n) is 12.7. The van der Waals surface area contributed by atoms with Gasteiger partial charge in [0.1, 0.15) is 5.69 Å². The molecule has 23 heavy (non-hydrogen) atoms. The molecule has 1 unspecified atom stereocenters. The number of piperidine rings is 1. The van der Waals surface area contributed by atoms with Gasteiger partial charge in [-0.1, -0.05) is 17.3 Å². The third kappa shape index (κ3) is 2.78. The standard InChI is InChI=1S/C16H18N4O3/c21-20(22)14-6-2-1-5-13(14)19-9-3-4-12(10-19)15-17-16(23-18-15)11-7-8-11/h1-2,5-6,11-12H,3-4,7-10H2. The molecule has 1 aliphatic heterocycles. The van der Waals surface area contributed by atoms with Crippen LogP contribution in [-0.2, 0) is 0 Å². The SMILES string of the molecule is O=[N+]([O-])c1ccccc1N1CCCC(c2noc(C3CC3)n2)C1. The van der Waals surface area contributed by atoms with Crippen LogP contribution in [0.3, 0.4) is 0 Å². The lowest BCUT2D eigenvalue weighted by molar-refractivity contribution is -0.384. The zero-order chi connectivity index (χ0) is 15.8. The summed E-state index contributed by atoms with van der Waals surface area (Å²) in [5, 5.41) is 15.4. The van der Waals surface area contributed by atoms with Crippen molar-refractivity contribution in [3.05, 3.63) is 46.1 Å². The van der Waals surface area contributed by atoms with Crippen molar-refractivity contribution in [2.45, 2.75) is 37.5 Å². The molecule has 1 atom stereocenters. The fourth-order valence-electron chi connectivity index (χ4n) is 3.20. The van der Waals surface area contributed by atoms with Crippen LogP contribution in [0, 0.1) is 10.1 Å². The smallest absolute Gasteiger partial charge is 0.292 e. The molecule has 0 spiro atoms. The molecule has 1 aromatic heterocycles. The maximum absolute atomic E-state index is 11.2. The molecule has 120 valence electrons. The average Bonchev–Trinajstić information content (AvgIpc) is 3.32. The molecule has 7 nitrogen and oxygen atoms in total. The van der Waals surface area contributed by atoms with Crippen LogP contribution in [0.25, 0.3) is 0 Å². The van der Waals surface area contributed by atoms with Crippen molar-refractivity contribution in [1.29, 1.82) is 0 Å². The Morgan fingerprint density at radius 2 is 2.04 bits per heavy atom. The van der Waals surface area contributed by atoms with Crippen LogP contribution < -0.4 is 4.90 Å². The number of anilines is 1. The minimum Gasteiger partial charge on any atom is -0.365 e. The van der Waals surface area contributed by atoms with Gasteiger partial charge in [-0.25, -0.2) is 0 Å². The van der Waals surface area contributed by atoms with E-state index in [-0.39, 0.29) is 16.5 Å². The van der Waals surface area contributed by atoms with Crippen LogP contribution in [0.15, 0.2) is 28.8 Å². The van der Waals surface area contributed by atoms with Crippen LogP contribution in [0.4, 0.5) is 11.4 Å². The Hall–Kier alpha value is -2.44. The first kappa shape index (κ1) is 14.2. The summed E-state index contributed by atoms with van der Waals surface area (Å²) in [7, 11) is 0. The molecule has 1 saturated carbocycles. The number of nitro benzene ring substituents is 1. The van der Waals surface area contributed by atoms with Crippen LogP contribution in [0.2, 0.25) is 0 Å². The first-order chi connectivity index (χ1) is 11.2. The fourth-order valence-corrected chi connectivity index (χ4v) is 3.20. The summed E-state index contributed by atoms with van der Waals surface area (Å²) in [6.45, 7) is 1.50. The van der Waals surface area contributed by atoms with Gasteiger partial charge in [0.25, 0.3) is 5.69 Å². The van der Waals surface area contributed by atoms with Crippen molar-refractivity contribution < 1.29 is 9.45 Å². The largest absolute Gasteiger partial charge is 0.365 e. The third-order valence-corrected chi connectivity index (χ3v) is 4.59. The number of nitro groups is 1. The highest BCUT2D eigenvalue weighted by Gasteiger charge is 2.33. The topological polar surface area (TPSA) is 85.3 Å². The van der Waals surface area contributed by atoms with Crippen LogP contribution >= 0.6 is 0 Å². The van der Waals surface area contributed by atoms with E-state index in [1.807, 2.05) is 12.1 Å². The summed E-state index contributed by atoms with van der Waals surface area (Å²) < 4.78 is 5.36. The van der Waals surface area contributed by atoms with E-state index in [1.165, 1.54) is 0 Å². The van der Waals surface area contributed by atoms with Gasteiger partial charge in [-0.05, 0) is 31.7 Å². The Kier molecular flexibility index (Phi) is 3.48. The molecule has 1 aliphatic carbocycles. The molecule has 2 heterocycles. The first-order valence-corrected chi connectivity index (χ1v) is 8.04. The molecule has 2 fully saturated rings. The van der Waals surface area contributed by atoms with Crippen molar-refractivity contribution in [3.63, 3.8) is 0 Å². The van der Waals surface area contributed by atoms with Crippen LogP contribution in [0.5, 0.6) is 0 Å². The van der Waals surface area contributed by atoms with Crippen molar-refractivity contribution >= 4 is 11.4 Å². The summed E-state index contributed by atoms with van der Waals surface area (Å²) >= 11 is 0. The summed E-state index contributed by atoms with van der Waals surface area (Å²) in [6, 6.07) is 6.90. The number of nitrogens with zero attached hydrogens (tertiary/aromatic N) is 4. The molecule has 4 rings (SSSR count). The number of para-hydroxylation sites is 2. The number of aromatic nitrogens is 2. The zero-order valence-corrected chi connectivity index (χ0v) is 12.7. The predicted octanol–water partition coefficient (Wildman–Crippen LogP) is 3.24. The molecule has 0 bridgehead atoms. The monoisotopic (exact) mass is 314 g/mol. The summed E-state index contributed by atoms with van der Waals surface area (Å²) in [4.78, 5) is 17.5. The Bertz CT molecular complexity index is 726. The second kappa shape index (κ2) is 5.64. The lowest BCUT2D eigenvalue weighted by atomic mass is 9.96. The number of rotatable bonds is 4. The van der Waals surface area contributed by atoms with Crippen LogP contribution in [-0.4, -0.2) is 28.2 Å². The molecule has 1 saturated heterocycles. The molecule has 2 aromatic rings. The lowest BCUT2D eigenvalue weighted by Gasteiger charge is -2.32. The van der Waals surface area contributed by atoms with Gasteiger partial charge < -0.3 is 9.42 Å². The van der Waals surface area contributed by atoms with E-state index in [0.29, 0.717) is 18.2 Å². The highest BCUT2D eigenvalue weighted by Crippen LogP contribution is 2.40. The summed E-state index contributed by atoms with van der Waals surface area (Å²) in [5.41, 5.74) is 0.827. The minimum absolute atomic E-state index is 0.153. The second-order valence-corrected chi connectivity index (χ2v) is 6.30. The highest BCUT2D eigenvalue weighted by atomic mass is 16.6. The molecular formula is C16H18N4O3. The maximum Gasteiger partial charge on any atom is 0.292 e. The molecule has 0 radical (unpaired) electrons. The summed E-state index contributed by atoms with van der Waals surface area (Å²) in [6.07, 6.45) is 4.22. The quantitative estimate of drug-likeness (QED) is 0.636. The molecule has 0 amide bonds. The predicted molar refractivity (Wildman–Crippen MR) is 83.6 cm³/mol. The van der Waals surface area contributed by atoms with E-state index in [2.05, 4.69) is 15.0 Å². The van der Waals surface area contributed by atoms with Gasteiger partial charge in [0.05, 0.1) is 4.92 Å². The minimum atomic E-state index is -0.321. The van der Waals surface area contributed by atoms with Gasteiger partial charge >= 0.3 is 0 Å². The molecule has 0 N–H and O–H groups in total. The molecule has 2 aliphatic rings. The molecule has 1 aromatic carbocycles. The number of benzene rings is 1. The second-order valence-electron chi connectivity index (χ2n) is 6.30. The van der Waals surface area contributed by atoms with Gasteiger partial charge in [0.15, 0.2) is 5.82 Å². The fraction of sp³-hybridized carbons (Fsp3) is 0.500. The van der Waals surface area contributed by atoms with E-state index in [0.717, 1.165) is 43.9 Å². The first-order valence-electron chi connectivity index (χ1n) is 8.04. The molecular weight excluding hydrogens is 296 g/mol. The highest BCUT2D eigenvalue weighted by molar-refractivity contribution is 5.63. The van der Waals surface area contributed by atoms with Crippen molar-refractivity contribution in [2.24, 2.45) is 0 Å². The average molecular weight is 314 g/mol. The Morgan fingerprint density at radius 1 is 1.22 bits per heavy atom. The maximum atomic E-state index is 11.2. The van der Waals surface area contributed by atoms with E-state index >= 15 is 0 Å². The Labute approximate surface area is 133 Å². The summed E-state index contributed by atoms with van der Waals surface area (Å²) in [5.74, 6) is 2.11. The van der Waals surface area contributed by atoms with Gasteiger partial charge in [-0.15, -0.1) is 0 Å². The van der Waals surface area contributed by atoms with E-state index in [4.69, 9.17) is 4.52 Å².